The van der Waals surface area contributed by atoms with E-state index in [-0.39, 0.29) is 10.5 Å². The van der Waals surface area contributed by atoms with Crippen molar-refractivity contribution in [3.63, 3.8) is 0 Å². The van der Waals surface area contributed by atoms with Gasteiger partial charge in [-0.15, -0.1) is 4.59 Å². The van der Waals surface area contributed by atoms with Gasteiger partial charge in [0.1, 0.15) is 18.5 Å². The fraction of sp³-hybridized carbons (Fsp3) is 0.562. The van der Waals surface area contributed by atoms with Crippen molar-refractivity contribution in [1.29, 1.82) is 0 Å². The van der Waals surface area contributed by atoms with Gasteiger partial charge in [-0.1, -0.05) is 23.4 Å². The Kier molecular flexibility index (Phi) is 4.61. The van der Waals surface area contributed by atoms with Crippen LogP contribution in [0.1, 0.15) is 39.0 Å². The average Bonchev–Trinajstić information content (AvgIpc) is 3.19. The molecule has 8 heteroatoms. The molecule has 1 aromatic heterocycles. The SMILES string of the molecule is CC(C=O)CC[N+]1(c2nccs2)N=C(C(F)(F)F)C2=C1CCCC2. The van der Waals surface area contributed by atoms with Crippen molar-refractivity contribution in [3.05, 3.63) is 22.8 Å². The maximum Gasteiger partial charge on any atom is 0.439 e. The summed E-state index contributed by atoms with van der Waals surface area (Å²) in [6.45, 7) is 2.10. The Balaban J connectivity index is 2.11. The zero-order chi connectivity index (χ0) is 17.4. The molecule has 1 aliphatic heterocycles. The number of aldehydes is 1. The number of carbonyl (C=O) groups excluding carboxylic acids is 1. The second kappa shape index (κ2) is 6.40. The number of halogens is 3. The summed E-state index contributed by atoms with van der Waals surface area (Å²) in [6.07, 6.45) is 1.02. The number of hydrogen-bond acceptors (Lipinski definition) is 4. The molecule has 1 aliphatic carbocycles. The quantitative estimate of drug-likeness (QED) is 0.577. The largest absolute Gasteiger partial charge is 0.439 e. The van der Waals surface area contributed by atoms with Crippen LogP contribution in [0.5, 0.6) is 0 Å². The minimum absolute atomic E-state index is 0.208. The summed E-state index contributed by atoms with van der Waals surface area (Å²) >= 11 is 1.31. The standard InChI is InChI=1S/C16H19F3N3OS/c1-11(10-23)6-8-22(15-20-7-9-24-15)13-5-3-2-4-12(13)14(21-22)16(17,18)19/h7,9-11H,2-6,8H2,1H3/q+1. The number of alkyl halides is 3. The average molecular weight is 358 g/mol. The minimum atomic E-state index is -4.47. The van der Waals surface area contributed by atoms with Gasteiger partial charge in [0.15, 0.2) is 0 Å². The summed E-state index contributed by atoms with van der Waals surface area (Å²) in [7, 11) is 0. The Morgan fingerprint density at radius 3 is 2.75 bits per heavy atom. The highest BCUT2D eigenvalue weighted by atomic mass is 32.1. The van der Waals surface area contributed by atoms with Gasteiger partial charge >= 0.3 is 11.3 Å². The molecule has 0 aromatic carbocycles. The number of hydrogen-bond donors (Lipinski definition) is 0. The Hall–Kier alpha value is -1.54. The number of aromatic nitrogens is 1. The molecule has 24 heavy (non-hydrogen) atoms. The molecule has 2 atom stereocenters. The van der Waals surface area contributed by atoms with Gasteiger partial charge < -0.3 is 4.79 Å². The number of allylic oxidation sites excluding steroid dienone is 2. The van der Waals surface area contributed by atoms with E-state index < -0.39 is 11.9 Å². The third kappa shape index (κ3) is 2.93. The second-order valence-electron chi connectivity index (χ2n) is 6.29. The molecular weight excluding hydrogens is 339 g/mol. The van der Waals surface area contributed by atoms with Crippen molar-refractivity contribution in [1.82, 2.24) is 9.58 Å². The molecule has 0 bridgehead atoms. The maximum absolute atomic E-state index is 13.5. The summed E-state index contributed by atoms with van der Waals surface area (Å²) in [5.41, 5.74) is 0.287. The highest BCUT2D eigenvalue weighted by molar-refractivity contribution is 7.13. The lowest BCUT2D eigenvalue weighted by Gasteiger charge is -2.30. The van der Waals surface area contributed by atoms with Crippen LogP contribution in [0.4, 0.5) is 18.3 Å². The van der Waals surface area contributed by atoms with Crippen LogP contribution in [0.15, 0.2) is 27.9 Å². The smallest absolute Gasteiger partial charge is 0.303 e. The Labute approximate surface area is 142 Å². The van der Waals surface area contributed by atoms with E-state index in [2.05, 4.69) is 10.1 Å². The molecule has 0 radical (unpaired) electrons. The van der Waals surface area contributed by atoms with E-state index >= 15 is 0 Å². The first-order valence-electron chi connectivity index (χ1n) is 8.02. The van der Waals surface area contributed by atoms with Crippen LogP contribution in [0.25, 0.3) is 0 Å². The predicted molar refractivity (Wildman–Crippen MR) is 87.6 cm³/mol. The molecule has 0 saturated heterocycles. The molecule has 0 amide bonds. The molecule has 0 saturated carbocycles. The van der Waals surface area contributed by atoms with Crippen LogP contribution in [-0.2, 0) is 4.79 Å². The minimum Gasteiger partial charge on any atom is -0.303 e. The van der Waals surface area contributed by atoms with E-state index in [4.69, 9.17) is 0 Å². The van der Waals surface area contributed by atoms with Gasteiger partial charge in [-0.05, 0) is 19.3 Å². The second-order valence-corrected chi connectivity index (χ2v) is 7.16. The third-order valence-electron chi connectivity index (χ3n) is 4.59. The van der Waals surface area contributed by atoms with Crippen LogP contribution >= 0.6 is 11.3 Å². The van der Waals surface area contributed by atoms with E-state index in [0.29, 0.717) is 42.2 Å². The van der Waals surface area contributed by atoms with Crippen LogP contribution in [0.2, 0.25) is 0 Å². The molecule has 0 spiro atoms. The van der Waals surface area contributed by atoms with Crippen molar-refractivity contribution in [2.75, 3.05) is 6.54 Å². The zero-order valence-corrected chi connectivity index (χ0v) is 14.2. The lowest BCUT2D eigenvalue weighted by Crippen LogP contribution is -2.43. The summed E-state index contributed by atoms with van der Waals surface area (Å²) < 4.78 is 40.4. The van der Waals surface area contributed by atoms with Crippen LogP contribution in [0.3, 0.4) is 0 Å². The monoisotopic (exact) mass is 358 g/mol. The lowest BCUT2D eigenvalue weighted by molar-refractivity contribution is -0.110. The number of quaternary nitrogens is 1. The highest BCUT2D eigenvalue weighted by Crippen LogP contribution is 2.46. The van der Waals surface area contributed by atoms with E-state index in [0.717, 1.165) is 19.1 Å². The summed E-state index contributed by atoms with van der Waals surface area (Å²) in [6, 6.07) is 0. The van der Waals surface area contributed by atoms with Gasteiger partial charge in [-0.3, -0.25) is 0 Å². The van der Waals surface area contributed by atoms with Gasteiger partial charge in [0.2, 0.25) is 5.71 Å². The normalized spacial score (nSPS) is 25.4. The fourth-order valence-electron chi connectivity index (χ4n) is 3.37. The molecule has 1 aromatic rings. The summed E-state index contributed by atoms with van der Waals surface area (Å²) in [5.74, 6) is -0.224. The van der Waals surface area contributed by atoms with Gasteiger partial charge in [0.25, 0.3) is 0 Å². The van der Waals surface area contributed by atoms with Crippen LogP contribution in [-0.4, -0.2) is 29.7 Å². The van der Waals surface area contributed by atoms with Gasteiger partial charge in [-0.2, -0.15) is 18.2 Å². The van der Waals surface area contributed by atoms with E-state index in [1.165, 1.54) is 11.3 Å². The van der Waals surface area contributed by atoms with E-state index in [1.54, 1.807) is 18.5 Å². The maximum atomic E-state index is 13.5. The number of carbonyl (C=O) groups is 1. The topological polar surface area (TPSA) is 42.3 Å². The summed E-state index contributed by atoms with van der Waals surface area (Å²) in [5, 5.41) is 6.47. The fourth-order valence-corrected chi connectivity index (χ4v) is 4.15. The van der Waals surface area contributed by atoms with Crippen molar-refractivity contribution in [2.45, 2.75) is 45.2 Å². The lowest BCUT2D eigenvalue weighted by atomic mass is 9.92. The first kappa shape index (κ1) is 17.3. The summed E-state index contributed by atoms with van der Waals surface area (Å²) in [4.78, 5) is 15.2. The molecule has 130 valence electrons. The molecule has 2 unspecified atom stereocenters. The third-order valence-corrected chi connectivity index (χ3v) is 5.46. The molecular formula is C16H19F3N3OS+. The first-order valence-corrected chi connectivity index (χ1v) is 8.90. The molecule has 3 rings (SSSR count). The van der Waals surface area contributed by atoms with Gasteiger partial charge in [0, 0.05) is 35.9 Å². The molecule has 0 fully saturated rings. The van der Waals surface area contributed by atoms with Crippen molar-refractivity contribution in [3.8, 4) is 0 Å². The van der Waals surface area contributed by atoms with Crippen molar-refractivity contribution < 1.29 is 18.0 Å². The van der Waals surface area contributed by atoms with Gasteiger partial charge in [0.05, 0.1) is 0 Å². The van der Waals surface area contributed by atoms with E-state index in [1.807, 2.05) is 0 Å². The van der Waals surface area contributed by atoms with Crippen LogP contribution < -0.4 is 4.59 Å². The Bertz CT molecular complexity index is 681. The highest BCUT2D eigenvalue weighted by Gasteiger charge is 2.54. The zero-order valence-electron chi connectivity index (χ0n) is 13.3. The molecule has 0 N–H and O–H groups in total. The molecule has 2 heterocycles. The predicted octanol–water partition coefficient (Wildman–Crippen LogP) is 4.44. The number of rotatable bonds is 5. The van der Waals surface area contributed by atoms with Crippen LogP contribution in [0, 0.1) is 5.92 Å². The van der Waals surface area contributed by atoms with Crippen molar-refractivity contribution in [2.24, 2.45) is 11.0 Å². The number of nitrogens with zero attached hydrogens (tertiary/aromatic N) is 3. The Morgan fingerprint density at radius 1 is 1.38 bits per heavy atom. The Morgan fingerprint density at radius 2 is 2.12 bits per heavy atom. The number of thiazole rings is 1. The molecule has 4 nitrogen and oxygen atoms in total. The van der Waals surface area contributed by atoms with Crippen molar-refractivity contribution >= 4 is 28.5 Å². The molecule has 2 aliphatic rings. The van der Waals surface area contributed by atoms with Gasteiger partial charge in [-0.25, -0.2) is 0 Å². The van der Waals surface area contributed by atoms with E-state index in [9.17, 15) is 18.0 Å². The first-order chi connectivity index (χ1) is 11.4.